The van der Waals surface area contributed by atoms with E-state index in [1.807, 2.05) is 51.9 Å². The van der Waals surface area contributed by atoms with Gasteiger partial charge in [0.05, 0.1) is 17.6 Å². The first-order chi connectivity index (χ1) is 10.3. The predicted molar refractivity (Wildman–Crippen MR) is 80.6 cm³/mol. The van der Waals surface area contributed by atoms with Crippen molar-refractivity contribution in [1.29, 1.82) is 5.26 Å². The maximum Gasteiger partial charge on any atom is 0.102 e. The monoisotopic (exact) mass is 279 g/mol. The van der Waals surface area contributed by atoms with Crippen LogP contribution in [0, 0.1) is 11.3 Å². The summed E-state index contributed by atoms with van der Waals surface area (Å²) in [5, 5.41) is 17.0. The van der Waals surface area contributed by atoms with Crippen LogP contribution in [0.4, 0.5) is 0 Å². The van der Waals surface area contributed by atoms with E-state index < -0.39 is 0 Å². The highest BCUT2D eigenvalue weighted by atomic mass is 15.3. The first kappa shape index (κ1) is 13.4. The first-order valence-electron chi connectivity index (χ1n) is 6.97. The van der Waals surface area contributed by atoms with Crippen molar-refractivity contribution in [3.63, 3.8) is 0 Å². The molecule has 3 rings (SSSR count). The summed E-state index contributed by atoms with van der Waals surface area (Å²) in [5.74, 6) is 0. The van der Waals surface area contributed by atoms with Gasteiger partial charge in [-0.1, -0.05) is 6.07 Å². The Balaban J connectivity index is 1.72. The fraction of sp³-hybridized carbons (Fsp3) is 0.250. The Kier molecular flexibility index (Phi) is 3.71. The molecule has 1 atom stereocenters. The van der Waals surface area contributed by atoms with Crippen LogP contribution < -0.4 is 5.32 Å². The maximum atomic E-state index is 9.37. The van der Waals surface area contributed by atoms with Crippen molar-refractivity contribution in [3.05, 3.63) is 60.2 Å². The Labute approximate surface area is 123 Å². The van der Waals surface area contributed by atoms with Gasteiger partial charge in [0.15, 0.2) is 0 Å². The molecular formula is C16H17N5. The van der Waals surface area contributed by atoms with Gasteiger partial charge in [-0.25, -0.2) is 0 Å². The van der Waals surface area contributed by atoms with Crippen molar-refractivity contribution in [1.82, 2.24) is 19.5 Å². The summed E-state index contributed by atoms with van der Waals surface area (Å²) in [5.41, 5.74) is 2.72. The molecule has 0 saturated carbocycles. The number of nitrogens with one attached hydrogen (secondary N) is 1. The second-order valence-corrected chi connectivity index (χ2v) is 5.14. The molecule has 0 aromatic carbocycles. The fourth-order valence-electron chi connectivity index (χ4n) is 2.48. The molecule has 0 aliphatic heterocycles. The normalized spacial score (nSPS) is 12.4. The van der Waals surface area contributed by atoms with Gasteiger partial charge in [-0.2, -0.15) is 10.4 Å². The van der Waals surface area contributed by atoms with Crippen LogP contribution in [0.25, 0.3) is 5.52 Å². The van der Waals surface area contributed by atoms with Crippen molar-refractivity contribution < 1.29 is 0 Å². The van der Waals surface area contributed by atoms with Crippen LogP contribution in [0.3, 0.4) is 0 Å². The van der Waals surface area contributed by atoms with E-state index in [1.54, 1.807) is 6.20 Å². The van der Waals surface area contributed by atoms with Gasteiger partial charge in [-0.3, -0.25) is 4.68 Å². The van der Waals surface area contributed by atoms with Crippen molar-refractivity contribution in [2.75, 3.05) is 0 Å². The summed E-state index contributed by atoms with van der Waals surface area (Å²) in [6, 6.07) is 10.4. The number of hydrogen-bond donors (Lipinski definition) is 1. The molecule has 3 heterocycles. The van der Waals surface area contributed by atoms with Gasteiger partial charge < -0.3 is 9.72 Å². The van der Waals surface area contributed by atoms with E-state index in [1.165, 1.54) is 0 Å². The second kappa shape index (κ2) is 5.81. The molecular weight excluding hydrogens is 262 g/mol. The van der Waals surface area contributed by atoms with Gasteiger partial charge in [-0.05, 0) is 25.1 Å². The lowest BCUT2D eigenvalue weighted by atomic mass is 10.1. The summed E-state index contributed by atoms with van der Waals surface area (Å²) in [6.07, 6.45) is 7.71. The quantitative estimate of drug-likeness (QED) is 0.779. The molecule has 21 heavy (non-hydrogen) atoms. The standard InChI is InChI=1S/C16H17N5/c1-13(11-21-8-4-6-19-21)18-10-14-12-20-7-3-2-5-16(20)15(14)9-17/h2-8,12-13,18H,10-11H2,1H3/t13-/m0/s1. The van der Waals surface area contributed by atoms with E-state index in [0.29, 0.717) is 6.54 Å². The van der Waals surface area contributed by atoms with Crippen molar-refractivity contribution in [2.24, 2.45) is 0 Å². The molecule has 0 amide bonds. The average molecular weight is 279 g/mol. The van der Waals surface area contributed by atoms with Crippen LogP contribution >= 0.6 is 0 Å². The van der Waals surface area contributed by atoms with E-state index in [0.717, 1.165) is 23.2 Å². The Hall–Kier alpha value is -2.58. The highest BCUT2D eigenvalue weighted by molar-refractivity contribution is 5.65. The number of hydrogen-bond acceptors (Lipinski definition) is 3. The van der Waals surface area contributed by atoms with E-state index >= 15 is 0 Å². The SMILES string of the molecule is C[C@@H](Cn1cccn1)NCc1cn2ccccc2c1C#N. The molecule has 0 unspecified atom stereocenters. The van der Waals surface area contributed by atoms with Gasteiger partial charge in [0, 0.05) is 42.9 Å². The molecule has 5 nitrogen and oxygen atoms in total. The molecule has 0 aliphatic rings. The summed E-state index contributed by atoms with van der Waals surface area (Å²) in [7, 11) is 0. The van der Waals surface area contributed by atoms with Gasteiger partial charge in [0.1, 0.15) is 6.07 Å². The highest BCUT2D eigenvalue weighted by Crippen LogP contribution is 2.17. The van der Waals surface area contributed by atoms with Crippen LogP contribution in [-0.2, 0) is 13.1 Å². The number of nitriles is 1. The van der Waals surface area contributed by atoms with Crippen molar-refractivity contribution in [3.8, 4) is 6.07 Å². The molecule has 0 fully saturated rings. The fourth-order valence-corrected chi connectivity index (χ4v) is 2.48. The van der Waals surface area contributed by atoms with E-state index in [2.05, 4.69) is 23.4 Å². The van der Waals surface area contributed by atoms with Crippen LogP contribution in [-0.4, -0.2) is 20.2 Å². The Morgan fingerprint density at radius 3 is 3.00 bits per heavy atom. The predicted octanol–water partition coefficient (Wildman–Crippen LogP) is 2.19. The maximum absolute atomic E-state index is 9.37. The summed E-state index contributed by atoms with van der Waals surface area (Å²) in [4.78, 5) is 0. The Morgan fingerprint density at radius 1 is 1.33 bits per heavy atom. The molecule has 1 N–H and O–H groups in total. The summed E-state index contributed by atoms with van der Waals surface area (Å²) < 4.78 is 3.90. The van der Waals surface area contributed by atoms with Crippen LogP contribution in [0.1, 0.15) is 18.1 Å². The first-order valence-corrected chi connectivity index (χ1v) is 6.97. The minimum absolute atomic E-state index is 0.277. The minimum Gasteiger partial charge on any atom is -0.322 e. The third-order valence-electron chi connectivity index (χ3n) is 3.54. The molecule has 5 heteroatoms. The number of rotatable bonds is 5. The summed E-state index contributed by atoms with van der Waals surface area (Å²) >= 11 is 0. The van der Waals surface area contributed by atoms with Gasteiger partial charge in [-0.15, -0.1) is 0 Å². The van der Waals surface area contributed by atoms with E-state index in [4.69, 9.17) is 0 Å². The lowest BCUT2D eigenvalue weighted by molar-refractivity contribution is 0.451. The topological polar surface area (TPSA) is 58.1 Å². The molecule has 0 spiro atoms. The third kappa shape index (κ3) is 2.81. The zero-order chi connectivity index (χ0) is 14.7. The molecule has 3 aromatic rings. The number of nitrogens with zero attached hydrogens (tertiary/aromatic N) is 4. The van der Waals surface area contributed by atoms with Gasteiger partial charge in [0.2, 0.25) is 0 Å². The molecule has 0 aliphatic carbocycles. The zero-order valence-electron chi connectivity index (χ0n) is 11.9. The Morgan fingerprint density at radius 2 is 2.24 bits per heavy atom. The number of aromatic nitrogens is 3. The van der Waals surface area contributed by atoms with Crippen LogP contribution in [0.5, 0.6) is 0 Å². The molecule has 0 saturated heterocycles. The molecule has 106 valence electrons. The van der Waals surface area contributed by atoms with E-state index in [9.17, 15) is 5.26 Å². The van der Waals surface area contributed by atoms with Crippen molar-refractivity contribution in [2.45, 2.75) is 26.1 Å². The van der Waals surface area contributed by atoms with Gasteiger partial charge in [0.25, 0.3) is 0 Å². The highest BCUT2D eigenvalue weighted by Gasteiger charge is 2.11. The van der Waals surface area contributed by atoms with Gasteiger partial charge >= 0.3 is 0 Å². The molecule has 0 radical (unpaired) electrons. The van der Waals surface area contributed by atoms with Crippen molar-refractivity contribution >= 4 is 5.52 Å². The average Bonchev–Trinajstić information content (AvgIpc) is 3.11. The minimum atomic E-state index is 0.277. The lowest BCUT2D eigenvalue weighted by Gasteiger charge is -2.13. The largest absolute Gasteiger partial charge is 0.322 e. The molecule has 0 bridgehead atoms. The number of fused-ring (bicyclic) bond motifs is 1. The summed E-state index contributed by atoms with van der Waals surface area (Å²) in [6.45, 7) is 3.60. The van der Waals surface area contributed by atoms with Crippen LogP contribution in [0.2, 0.25) is 0 Å². The number of pyridine rings is 1. The van der Waals surface area contributed by atoms with E-state index in [-0.39, 0.29) is 6.04 Å². The second-order valence-electron chi connectivity index (χ2n) is 5.14. The Bertz CT molecular complexity index is 764. The van der Waals surface area contributed by atoms with Crippen LogP contribution in [0.15, 0.2) is 49.1 Å². The third-order valence-corrected chi connectivity index (χ3v) is 3.54. The lowest BCUT2D eigenvalue weighted by Crippen LogP contribution is -2.30. The molecule has 3 aromatic heterocycles. The zero-order valence-corrected chi connectivity index (χ0v) is 11.9. The smallest absolute Gasteiger partial charge is 0.102 e.